The van der Waals surface area contributed by atoms with Crippen LogP contribution in [0.4, 0.5) is 0 Å². The molecule has 2 nitrogen and oxygen atoms in total. The zero-order chi connectivity index (χ0) is 17.4. The highest BCUT2D eigenvalue weighted by Crippen LogP contribution is 2.27. The molecule has 2 aromatic carbocycles. The fourth-order valence-electron chi connectivity index (χ4n) is 2.77. The highest BCUT2D eigenvalue weighted by molar-refractivity contribution is 5.89. The molecule has 0 saturated heterocycles. The van der Waals surface area contributed by atoms with Gasteiger partial charge in [-0.25, -0.2) is 0 Å². The molecule has 0 amide bonds. The van der Waals surface area contributed by atoms with Gasteiger partial charge in [-0.15, -0.1) is 0 Å². The average Bonchev–Trinajstić information content (AvgIpc) is 2.65. The van der Waals surface area contributed by atoms with Gasteiger partial charge in [0.15, 0.2) is 0 Å². The Balaban J connectivity index is 2.09. The van der Waals surface area contributed by atoms with Crippen molar-refractivity contribution in [1.29, 1.82) is 0 Å². The van der Waals surface area contributed by atoms with Crippen LogP contribution in [-0.2, 0) is 0 Å². The summed E-state index contributed by atoms with van der Waals surface area (Å²) in [5.41, 5.74) is 5.07. The lowest BCUT2D eigenvalue weighted by molar-refractivity contribution is 0.223. The van der Waals surface area contributed by atoms with Crippen molar-refractivity contribution in [2.24, 2.45) is 0 Å². The van der Waals surface area contributed by atoms with Crippen LogP contribution >= 0.6 is 0 Å². The highest BCUT2D eigenvalue weighted by Gasteiger charge is 2.05. The highest BCUT2D eigenvalue weighted by atomic mass is 16.5. The molecule has 0 spiro atoms. The van der Waals surface area contributed by atoms with Crippen LogP contribution in [0.5, 0.6) is 5.75 Å². The maximum absolute atomic E-state index is 5.95. The number of nitrogens with zero attached hydrogens (tertiary/aromatic N) is 1. The van der Waals surface area contributed by atoms with Crippen molar-refractivity contribution in [3.8, 4) is 5.75 Å². The molecule has 0 radical (unpaired) electrons. The molecule has 0 aliphatic heterocycles. The van der Waals surface area contributed by atoms with Crippen molar-refractivity contribution in [2.75, 3.05) is 26.2 Å². The van der Waals surface area contributed by atoms with Gasteiger partial charge in [-0.1, -0.05) is 56.3 Å². The standard InChI is InChI=1S/C22H29NO/c1-5-23(6-2)15-16-24-22-14-10-13-21(17-22)19(4)18(3)20-11-8-7-9-12-20/h7-14,17H,5-6,15-16H2,1-4H3/b19-18+. The number of rotatable bonds is 8. The van der Waals surface area contributed by atoms with Crippen LogP contribution in [0.25, 0.3) is 11.1 Å². The maximum Gasteiger partial charge on any atom is 0.119 e. The molecular formula is C22H29NO. The second-order valence-electron chi connectivity index (χ2n) is 6.02. The first-order valence-electron chi connectivity index (χ1n) is 8.84. The summed E-state index contributed by atoms with van der Waals surface area (Å²) in [5, 5.41) is 0. The Morgan fingerprint density at radius 2 is 1.46 bits per heavy atom. The minimum Gasteiger partial charge on any atom is -0.492 e. The Labute approximate surface area is 146 Å². The number of hydrogen-bond donors (Lipinski definition) is 0. The number of ether oxygens (including phenoxy) is 1. The number of likely N-dealkylation sites (N-methyl/N-ethyl adjacent to an activating group) is 1. The first-order chi connectivity index (χ1) is 11.7. The van der Waals surface area contributed by atoms with Crippen LogP contribution in [0, 0.1) is 0 Å². The van der Waals surface area contributed by atoms with E-state index in [0.29, 0.717) is 0 Å². The Morgan fingerprint density at radius 3 is 2.12 bits per heavy atom. The van der Waals surface area contributed by atoms with Crippen molar-refractivity contribution < 1.29 is 4.74 Å². The van der Waals surface area contributed by atoms with E-state index in [1.165, 1.54) is 22.3 Å². The fourth-order valence-corrected chi connectivity index (χ4v) is 2.77. The van der Waals surface area contributed by atoms with Crippen LogP contribution in [0.2, 0.25) is 0 Å². The van der Waals surface area contributed by atoms with Gasteiger partial charge in [-0.2, -0.15) is 0 Å². The van der Waals surface area contributed by atoms with Gasteiger partial charge in [0.2, 0.25) is 0 Å². The fraction of sp³-hybridized carbons (Fsp3) is 0.364. The third kappa shape index (κ3) is 4.97. The van der Waals surface area contributed by atoms with E-state index in [-0.39, 0.29) is 0 Å². The second kappa shape index (κ2) is 9.29. The van der Waals surface area contributed by atoms with E-state index in [1.54, 1.807) is 0 Å². The Morgan fingerprint density at radius 1 is 0.833 bits per heavy atom. The minimum atomic E-state index is 0.728. The van der Waals surface area contributed by atoms with Gasteiger partial charge in [0.1, 0.15) is 12.4 Å². The summed E-state index contributed by atoms with van der Waals surface area (Å²) in [5.74, 6) is 0.944. The Hall–Kier alpha value is -2.06. The van der Waals surface area contributed by atoms with Crippen molar-refractivity contribution >= 4 is 11.1 Å². The molecule has 2 rings (SSSR count). The summed E-state index contributed by atoms with van der Waals surface area (Å²) < 4.78 is 5.95. The van der Waals surface area contributed by atoms with E-state index >= 15 is 0 Å². The van der Waals surface area contributed by atoms with Crippen LogP contribution in [0.3, 0.4) is 0 Å². The average molecular weight is 323 g/mol. The number of allylic oxidation sites excluding steroid dienone is 2. The molecule has 0 aliphatic rings. The summed E-state index contributed by atoms with van der Waals surface area (Å²) in [4.78, 5) is 2.37. The van der Waals surface area contributed by atoms with Gasteiger partial charge >= 0.3 is 0 Å². The van der Waals surface area contributed by atoms with Crippen LogP contribution in [-0.4, -0.2) is 31.1 Å². The SMILES string of the molecule is CCN(CC)CCOc1cccc(/C(C)=C(\C)c2ccccc2)c1. The molecule has 0 heterocycles. The molecule has 0 atom stereocenters. The third-order valence-electron chi connectivity index (χ3n) is 4.61. The van der Waals surface area contributed by atoms with Crippen molar-refractivity contribution in [3.63, 3.8) is 0 Å². The summed E-state index contributed by atoms with van der Waals surface area (Å²) in [6.07, 6.45) is 0. The van der Waals surface area contributed by atoms with E-state index in [2.05, 4.69) is 81.1 Å². The van der Waals surface area contributed by atoms with Crippen LogP contribution in [0.15, 0.2) is 54.6 Å². The van der Waals surface area contributed by atoms with Gasteiger partial charge in [-0.3, -0.25) is 0 Å². The monoisotopic (exact) mass is 323 g/mol. The zero-order valence-corrected chi connectivity index (χ0v) is 15.4. The molecule has 24 heavy (non-hydrogen) atoms. The van der Waals surface area contributed by atoms with Crippen LogP contribution in [0.1, 0.15) is 38.8 Å². The summed E-state index contributed by atoms with van der Waals surface area (Å²) in [6, 6.07) is 18.9. The van der Waals surface area contributed by atoms with Gasteiger partial charge < -0.3 is 9.64 Å². The lowest BCUT2D eigenvalue weighted by atomic mass is 9.97. The van der Waals surface area contributed by atoms with Gasteiger partial charge in [-0.05, 0) is 61.3 Å². The van der Waals surface area contributed by atoms with Crippen LogP contribution < -0.4 is 4.74 Å². The largest absolute Gasteiger partial charge is 0.492 e. The number of benzene rings is 2. The van der Waals surface area contributed by atoms with Gasteiger partial charge in [0, 0.05) is 6.54 Å². The van der Waals surface area contributed by atoms with Crippen molar-refractivity contribution in [2.45, 2.75) is 27.7 Å². The van der Waals surface area contributed by atoms with E-state index in [0.717, 1.165) is 32.0 Å². The maximum atomic E-state index is 5.95. The minimum absolute atomic E-state index is 0.728. The second-order valence-corrected chi connectivity index (χ2v) is 6.02. The van der Waals surface area contributed by atoms with Gasteiger partial charge in [0.25, 0.3) is 0 Å². The molecular weight excluding hydrogens is 294 g/mol. The molecule has 0 aromatic heterocycles. The summed E-state index contributed by atoms with van der Waals surface area (Å²) in [7, 11) is 0. The molecule has 2 aromatic rings. The molecule has 0 bridgehead atoms. The first-order valence-corrected chi connectivity index (χ1v) is 8.84. The topological polar surface area (TPSA) is 12.5 Å². The molecule has 0 unspecified atom stereocenters. The Kier molecular flexibility index (Phi) is 7.07. The molecule has 0 aliphatic carbocycles. The molecule has 0 N–H and O–H groups in total. The molecule has 0 fully saturated rings. The van der Waals surface area contributed by atoms with Crippen molar-refractivity contribution in [1.82, 2.24) is 4.90 Å². The van der Waals surface area contributed by atoms with E-state index in [9.17, 15) is 0 Å². The Bertz CT molecular complexity index is 657. The lowest BCUT2D eigenvalue weighted by Gasteiger charge is -2.18. The predicted octanol–water partition coefficient (Wildman–Crippen LogP) is 5.36. The zero-order valence-electron chi connectivity index (χ0n) is 15.4. The lowest BCUT2D eigenvalue weighted by Crippen LogP contribution is -2.27. The predicted molar refractivity (Wildman–Crippen MR) is 104 cm³/mol. The summed E-state index contributed by atoms with van der Waals surface area (Å²) in [6.45, 7) is 12.6. The quantitative estimate of drug-likeness (QED) is 0.607. The normalized spacial score (nSPS) is 12.2. The first kappa shape index (κ1) is 18.3. The smallest absolute Gasteiger partial charge is 0.119 e. The van der Waals surface area contributed by atoms with Crippen molar-refractivity contribution in [3.05, 3.63) is 65.7 Å². The van der Waals surface area contributed by atoms with E-state index < -0.39 is 0 Å². The molecule has 0 saturated carbocycles. The summed E-state index contributed by atoms with van der Waals surface area (Å²) >= 11 is 0. The van der Waals surface area contributed by atoms with E-state index in [1.807, 2.05) is 6.07 Å². The molecule has 2 heteroatoms. The number of hydrogen-bond acceptors (Lipinski definition) is 2. The molecule has 128 valence electrons. The van der Waals surface area contributed by atoms with E-state index in [4.69, 9.17) is 4.74 Å². The van der Waals surface area contributed by atoms with Gasteiger partial charge in [0.05, 0.1) is 0 Å². The third-order valence-corrected chi connectivity index (χ3v) is 4.61.